The summed E-state index contributed by atoms with van der Waals surface area (Å²) in [5.74, 6) is -0.747. The molecular formula is C23H20F3N7O2. The van der Waals surface area contributed by atoms with Gasteiger partial charge in [-0.05, 0) is 48.9 Å². The molecule has 2 aromatic heterocycles. The zero-order valence-electron chi connectivity index (χ0n) is 21.1. The van der Waals surface area contributed by atoms with Crippen molar-refractivity contribution >= 4 is 11.6 Å². The Morgan fingerprint density at radius 3 is 2.71 bits per heavy atom. The highest BCUT2D eigenvalue weighted by Crippen LogP contribution is 2.32. The second-order valence-corrected chi connectivity index (χ2v) is 7.63. The van der Waals surface area contributed by atoms with E-state index >= 15 is 0 Å². The number of alkyl halides is 3. The molecule has 4 rings (SSSR count). The van der Waals surface area contributed by atoms with Gasteiger partial charge in [-0.25, -0.2) is 4.68 Å². The Morgan fingerprint density at radius 1 is 1.17 bits per heavy atom. The minimum atomic E-state index is -4.61. The minimum absolute atomic E-state index is 0.113. The normalized spacial score (nSPS) is 14.0. The number of aryl methyl sites for hydroxylation is 1. The summed E-state index contributed by atoms with van der Waals surface area (Å²) in [6.45, 7) is -1.11. The number of benzene rings is 2. The molecular weight excluding hydrogens is 463 g/mol. The molecule has 9 nitrogen and oxygen atoms in total. The summed E-state index contributed by atoms with van der Waals surface area (Å²) in [6.07, 6.45) is -3.36. The Labute approximate surface area is 201 Å². The number of nitrogens with two attached hydrogens (primary N) is 1. The van der Waals surface area contributed by atoms with E-state index < -0.39 is 36.2 Å². The van der Waals surface area contributed by atoms with E-state index in [1.54, 1.807) is 12.1 Å². The monoisotopic (exact) mass is 486 g/mol. The summed E-state index contributed by atoms with van der Waals surface area (Å²) in [4.78, 5) is 25.4. The summed E-state index contributed by atoms with van der Waals surface area (Å²) in [7, 11) is 0. The van der Waals surface area contributed by atoms with Crippen molar-refractivity contribution < 1.29 is 22.1 Å². The molecule has 12 heteroatoms. The van der Waals surface area contributed by atoms with Crippen molar-refractivity contribution in [3.05, 3.63) is 88.0 Å². The molecule has 0 unspecified atom stereocenters. The van der Waals surface area contributed by atoms with Gasteiger partial charge in [-0.2, -0.15) is 23.0 Å². The topological polar surface area (TPSA) is 121 Å². The van der Waals surface area contributed by atoms with Crippen LogP contribution in [0, 0.1) is 0 Å². The minimum Gasteiger partial charge on any atom is -0.399 e. The number of nitrogen functional groups attached to an aromatic ring is 1. The molecule has 0 fully saturated rings. The molecule has 0 radical (unpaired) electrons. The predicted molar refractivity (Wildman–Crippen MR) is 122 cm³/mol. The molecule has 0 saturated carbocycles. The predicted octanol–water partition coefficient (Wildman–Crippen LogP) is 3.12. The number of carbonyl (C=O) groups excluding carboxylic acids is 1. The summed E-state index contributed by atoms with van der Waals surface area (Å²) in [5.41, 5.74) is 4.68. The first-order valence-electron chi connectivity index (χ1n) is 11.6. The molecule has 0 aliphatic heterocycles. The summed E-state index contributed by atoms with van der Waals surface area (Å²) < 4.78 is 64.0. The Morgan fingerprint density at radius 2 is 1.97 bits per heavy atom. The SMILES string of the molecule is [2H]C([2H])([2H])n1nncc1-c1cccc(-n2nc(C(=O)N[C@H](C)c3cc(N)cc(C(F)(F)F)c3)ccc2=O)c1. The van der Waals surface area contributed by atoms with E-state index in [0.29, 0.717) is 5.56 Å². The van der Waals surface area contributed by atoms with Crippen LogP contribution in [0.15, 0.2) is 65.6 Å². The number of rotatable bonds is 5. The van der Waals surface area contributed by atoms with Gasteiger partial charge in [0.2, 0.25) is 0 Å². The molecule has 2 heterocycles. The zero-order chi connectivity index (χ0) is 27.8. The zero-order valence-corrected chi connectivity index (χ0v) is 18.1. The largest absolute Gasteiger partial charge is 0.416 e. The summed E-state index contributed by atoms with van der Waals surface area (Å²) in [5, 5.41) is 13.9. The maximum Gasteiger partial charge on any atom is 0.416 e. The van der Waals surface area contributed by atoms with Crippen molar-refractivity contribution in [1.29, 1.82) is 0 Å². The highest BCUT2D eigenvalue weighted by atomic mass is 19.4. The molecule has 0 spiro atoms. The molecule has 4 aromatic rings. The van der Waals surface area contributed by atoms with Crippen LogP contribution < -0.4 is 16.6 Å². The van der Waals surface area contributed by atoms with Crippen LogP contribution in [0.1, 0.15) is 38.7 Å². The number of amides is 1. The smallest absolute Gasteiger partial charge is 0.399 e. The number of nitrogens with zero attached hydrogens (tertiary/aromatic N) is 5. The van der Waals surface area contributed by atoms with Gasteiger partial charge in [-0.15, -0.1) is 5.10 Å². The van der Waals surface area contributed by atoms with E-state index in [1.807, 2.05) is 0 Å². The van der Waals surface area contributed by atoms with Gasteiger partial charge in [0.25, 0.3) is 11.5 Å². The molecule has 2 aromatic carbocycles. The Hall–Kier alpha value is -4.48. The fraction of sp³-hybridized carbons (Fsp3) is 0.174. The van der Waals surface area contributed by atoms with Gasteiger partial charge in [-0.3, -0.25) is 9.59 Å². The number of aromatic nitrogens is 5. The fourth-order valence-electron chi connectivity index (χ4n) is 3.39. The molecule has 0 aliphatic rings. The van der Waals surface area contributed by atoms with Crippen molar-refractivity contribution in [2.24, 2.45) is 6.98 Å². The standard InChI is InChI=1S/C23H20F3N7O2/c1-13(15-8-16(23(24,25)26)11-17(27)9-15)29-22(35)19-6-7-21(34)33(30-19)18-5-3-4-14(10-18)20-12-28-31-32(20)2/h3-13H,27H2,1-2H3,(H,29,35)/t13-/m1/s1/i2D3. The molecule has 180 valence electrons. The Kier molecular flexibility index (Phi) is 5.15. The van der Waals surface area contributed by atoms with Gasteiger partial charge in [-0.1, -0.05) is 17.3 Å². The van der Waals surface area contributed by atoms with Gasteiger partial charge in [0.1, 0.15) is 5.69 Å². The maximum atomic E-state index is 13.2. The maximum absolute atomic E-state index is 13.2. The van der Waals surface area contributed by atoms with Crippen LogP contribution in [0.4, 0.5) is 18.9 Å². The third-order valence-corrected chi connectivity index (χ3v) is 5.12. The number of nitrogens with one attached hydrogen (secondary N) is 1. The molecule has 0 saturated heterocycles. The second kappa shape index (κ2) is 9.05. The van der Waals surface area contributed by atoms with Crippen molar-refractivity contribution in [3.8, 4) is 16.9 Å². The van der Waals surface area contributed by atoms with Crippen LogP contribution in [-0.2, 0) is 13.2 Å². The molecule has 0 aliphatic carbocycles. The van der Waals surface area contributed by atoms with Gasteiger partial charge in [0.15, 0.2) is 0 Å². The average Bonchev–Trinajstić information content (AvgIpc) is 3.34. The van der Waals surface area contributed by atoms with E-state index in [-0.39, 0.29) is 28.3 Å². The van der Waals surface area contributed by atoms with E-state index in [0.717, 1.165) is 27.6 Å². The lowest BCUT2D eigenvalue weighted by Crippen LogP contribution is -2.30. The number of hydrogen-bond donors (Lipinski definition) is 2. The van der Waals surface area contributed by atoms with Crippen LogP contribution in [-0.4, -0.2) is 30.7 Å². The molecule has 0 bridgehead atoms. The molecule has 1 atom stereocenters. The van der Waals surface area contributed by atoms with Gasteiger partial charge in [0, 0.05) is 28.4 Å². The quantitative estimate of drug-likeness (QED) is 0.418. The van der Waals surface area contributed by atoms with E-state index in [9.17, 15) is 22.8 Å². The van der Waals surface area contributed by atoms with Gasteiger partial charge < -0.3 is 11.1 Å². The van der Waals surface area contributed by atoms with Crippen LogP contribution in [0.25, 0.3) is 16.9 Å². The lowest BCUT2D eigenvalue weighted by molar-refractivity contribution is -0.137. The first-order chi connectivity index (χ1) is 17.7. The van der Waals surface area contributed by atoms with Gasteiger partial charge in [0.05, 0.1) is 29.2 Å². The van der Waals surface area contributed by atoms with Crippen LogP contribution in [0.5, 0.6) is 0 Å². The number of carbonyl (C=O) groups is 1. The molecule has 3 N–H and O–H groups in total. The average molecular weight is 486 g/mol. The molecule has 1 amide bonds. The second-order valence-electron chi connectivity index (χ2n) is 7.63. The third kappa shape index (κ3) is 5.05. The highest BCUT2D eigenvalue weighted by Gasteiger charge is 2.31. The van der Waals surface area contributed by atoms with E-state index in [4.69, 9.17) is 9.85 Å². The Bertz CT molecular complexity index is 1560. The number of hydrogen-bond acceptors (Lipinski definition) is 6. The summed E-state index contributed by atoms with van der Waals surface area (Å²) in [6, 6.07) is 10.6. The Balaban J connectivity index is 1.63. The lowest BCUT2D eigenvalue weighted by atomic mass is 10.0. The van der Waals surface area contributed by atoms with E-state index in [1.165, 1.54) is 37.4 Å². The van der Waals surface area contributed by atoms with E-state index in [2.05, 4.69) is 20.7 Å². The van der Waals surface area contributed by atoms with Crippen molar-refractivity contribution in [1.82, 2.24) is 30.1 Å². The summed E-state index contributed by atoms with van der Waals surface area (Å²) >= 11 is 0. The lowest BCUT2D eigenvalue weighted by Gasteiger charge is -2.17. The van der Waals surface area contributed by atoms with Crippen molar-refractivity contribution in [2.75, 3.05) is 5.73 Å². The highest BCUT2D eigenvalue weighted by molar-refractivity contribution is 5.92. The fourth-order valence-corrected chi connectivity index (χ4v) is 3.39. The van der Waals surface area contributed by atoms with Crippen molar-refractivity contribution in [3.63, 3.8) is 0 Å². The van der Waals surface area contributed by atoms with Crippen LogP contribution in [0.2, 0.25) is 0 Å². The van der Waals surface area contributed by atoms with Crippen molar-refractivity contribution in [2.45, 2.75) is 19.1 Å². The first-order valence-corrected chi connectivity index (χ1v) is 10.1. The van der Waals surface area contributed by atoms with Crippen LogP contribution >= 0.6 is 0 Å². The number of anilines is 1. The van der Waals surface area contributed by atoms with Crippen LogP contribution in [0.3, 0.4) is 0 Å². The van der Waals surface area contributed by atoms with Gasteiger partial charge >= 0.3 is 6.18 Å². The molecule has 35 heavy (non-hydrogen) atoms. The number of halogens is 3. The third-order valence-electron chi connectivity index (χ3n) is 5.12. The first kappa shape index (κ1) is 19.9.